The first-order valence-electron chi connectivity index (χ1n) is 5.93. The first-order chi connectivity index (χ1) is 9.24. The molecule has 0 saturated heterocycles. The molecule has 0 amide bonds. The molecule has 2 N–H and O–H groups in total. The predicted octanol–water partition coefficient (Wildman–Crippen LogP) is 3.58. The van der Waals surface area contributed by atoms with Crippen molar-refractivity contribution >= 4 is 17.4 Å². The SMILES string of the molecule is COc1ccc(N)cc1COc1ccccc1SC. The Hall–Kier alpha value is -1.81. The van der Waals surface area contributed by atoms with Crippen molar-refractivity contribution in [3.8, 4) is 11.5 Å². The minimum Gasteiger partial charge on any atom is -0.496 e. The van der Waals surface area contributed by atoms with Gasteiger partial charge >= 0.3 is 0 Å². The largest absolute Gasteiger partial charge is 0.496 e. The lowest BCUT2D eigenvalue weighted by Gasteiger charge is -2.12. The van der Waals surface area contributed by atoms with Gasteiger partial charge in [-0.05, 0) is 36.6 Å². The Labute approximate surface area is 117 Å². The van der Waals surface area contributed by atoms with E-state index in [2.05, 4.69) is 0 Å². The Balaban J connectivity index is 2.16. The summed E-state index contributed by atoms with van der Waals surface area (Å²) in [4.78, 5) is 1.12. The van der Waals surface area contributed by atoms with E-state index >= 15 is 0 Å². The molecule has 3 nitrogen and oxygen atoms in total. The lowest BCUT2D eigenvalue weighted by Crippen LogP contribution is -2.00. The third-order valence-electron chi connectivity index (χ3n) is 2.76. The molecule has 4 heteroatoms. The number of ether oxygens (including phenoxy) is 2. The van der Waals surface area contributed by atoms with Gasteiger partial charge in [-0.3, -0.25) is 0 Å². The average molecular weight is 275 g/mol. The molecule has 0 aliphatic carbocycles. The summed E-state index contributed by atoms with van der Waals surface area (Å²) >= 11 is 1.66. The number of thioether (sulfide) groups is 1. The lowest BCUT2D eigenvalue weighted by molar-refractivity contribution is 0.290. The third-order valence-corrected chi connectivity index (χ3v) is 3.53. The fourth-order valence-corrected chi connectivity index (χ4v) is 2.35. The Morgan fingerprint density at radius 2 is 1.89 bits per heavy atom. The van der Waals surface area contributed by atoms with Crippen LogP contribution in [0.5, 0.6) is 11.5 Å². The van der Waals surface area contributed by atoms with E-state index in [1.165, 1.54) is 0 Å². The molecule has 100 valence electrons. The molecule has 2 rings (SSSR count). The molecular formula is C15H17NO2S. The first kappa shape index (κ1) is 13.6. The molecule has 0 radical (unpaired) electrons. The van der Waals surface area contributed by atoms with Crippen molar-refractivity contribution in [1.82, 2.24) is 0 Å². The van der Waals surface area contributed by atoms with Crippen molar-refractivity contribution in [2.45, 2.75) is 11.5 Å². The molecular weight excluding hydrogens is 258 g/mol. The van der Waals surface area contributed by atoms with Crippen molar-refractivity contribution in [2.75, 3.05) is 19.1 Å². The number of hydrogen-bond acceptors (Lipinski definition) is 4. The van der Waals surface area contributed by atoms with Crippen molar-refractivity contribution in [2.24, 2.45) is 0 Å². The molecule has 0 unspecified atom stereocenters. The van der Waals surface area contributed by atoms with E-state index in [1.807, 2.05) is 48.7 Å². The van der Waals surface area contributed by atoms with Crippen LogP contribution in [-0.4, -0.2) is 13.4 Å². The molecule has 0 spiro atoms. The van der Waals surface area contributed by atoms with Gasteiger partial charge in [-0.15, -0.1) is 11.8 Å². The number of para-hydroxylation sites is 1. The molecule has 0 aromatic heterocycles. The van der Waals surface area contributed by atoms with Gasteiger partial charge in [-0.25, -0.2) is 0 Å². The monoisotopic (exact) mass is 275 g/mol. The quantitative estimate of drug-likeness (QED) is 0.669. The maximum atomic E-state index is 5.86. The molecule has 19 heavy (non-hydrogen) atoms. The van der Waals surface area contributed by atoms with Crippen LogP contribution in [0.25, 0.3) is 0 Å². The van der Waals surface area contributed by atoms with Crippen LogP contribution in [0.2, 0.25) is 0 Å². The first-order valence-corrected chi connectivity index (χ1v) is 7.15. The van der Waals surface area contributed by atoms with Crippen LogP contribution in [0.3, 0.4) is 0 Å². The molecule has 0 aliphatic rings. The van der Waals surface area contributed by atoms with Crippen molar-refractivity contribution in [3.63, 3.8) is 0 Å². The van der Waals surface area contributed by atoms with Crippen LogP contribution in [0.15, 0.2) is 47.4 Å². The van der Waals surface area contributed by atoms with Gasteiger partial charge in [-0.2, -0.15) is 0 Å². The topological polar surface area (TPSA) is 44.5 Å². The second-order valence-corrected chi connectivity index (χ2v) is 4.86. The molecule has 0 heterocycles. The Morgan fingerprint density at radius 1 is 1.11 bits per heavy atom. The number of hydrogen-bond donors (Lipinski definition) is 1. The Bertz CT molecular complexity index is 558. The zero-order valence-corrected chi connectivity index (χ0v) is 11.9. The number of nitrogens with two attached hydrogens (primary N) is 1. The van der Waals surface area contributed by atoms with Crippen LogP contribution < -0.4 is 15.2 Å². The van der Waals surface area contributed by atoms with E-state index in [-0.39, 0.29) is 0 Å². The van der Waals surface area contributed by atoms with Gasteiger partial charge in [0.05, 0.1) is 7.11 Å². The van der Waals surface area contributed by atoms with Crippen molar-refractivity contribution in [1.29, 1.82) is 0 Å². The van der Waals surface area contributed by atoms with E-state index in [4.69, 9.17) is 15.2 Å². The van der Waals surface area contributed by atoms with E-state index in [0.29, 0.717) is 12.3 Å². The molecule has 2 aromatic rings. The zero-order chi connectivity index (χ0) is 13.7. The van der Waals surface area contributed by atoms with Crippen LogP contribution in [0, 0.1) is 0 Å². The summed E-state index contributed by atoms with van der Waals surface area (Å²) in [6.07, 6.45) is 2.03. The minimum absolute atomic E-state index is 0.436. The van der Waals surface area contributed by atoms with Crippen molar-refractivity contribution in [3.05, 3.63) is 48.0 Å². The van der Waals surface area contributed by atoms with Gasteiger partial charge in [0, 0.05) is 16.1 Å². The summed E-state index contributed by atoms with van der Waals surface area (Å²) in [5.41, 5.74) is 7.44. The summed E-state index contributed by atoms with van der Waals surface area (Å²) in [5.74, 6) is 1.66. The highest BCUT2D eigenvalue weighted by atomic mass is 32.2. The van der Waals surface area contributed by atoms with Gasteiger partial charge in [0.15, 0.2) is 0 Å². The van der Waals surface area contributed by atoms with Gasteiger partial charge in [0.1, 0.15) is 18.1 Å². The highest BCUT2D eigenvalue weighted by Crippen LogP contribution is 2.29. The van der Waals surface area contributed by atoms with Gasteiger partial charge in [-0.1, -0.05) is 12.1 Å². The highest BCUT2D eigenvalue weighted by molar-refractivity contribution is 7.98. The van der Waals surface area contributed by atoms with Crippen LogP contribution in [0.1, 0.15) is 5.56 Å². The van der Waals surface area contributed by atoms with Gasteiger partial charge in [0.2, 0.25) is 0 Å². The molecule has 0 fully saturated rings. The van der Waals surface area contributed by atoms with E-state index < -0.39 is 0 Å². The molecule has 0 aliphatic heterocycles. The van der Waals surface area contributed by atoms with Gasteiger partial charge < -0.3 is 15.2 Å². The fourth-order valence-electron chi connectivity index (χ4n) is 1.80. The smallest absolute Gasteiger partial charge is 0.133 e. The molecule has 2 aromatic carbocycles. The fraction of sp³-hybridized carbons (Fsp3) is 0.200. The summed E-state index contributed by atoms with van der Waals surface area (Å²) < 4.78 is 11.2. The average Bonchev–Trinajstić information content (AvgIpc) is 2.45. The predicted molar refractivity (Wildman–Crippen MR) is 80.0 cm³/mol. The standard InChI is InChI=1S/C15H17NO2S/c1-17-13-8-7-12(16)9-11(13)10-18-14-5-3-4-6-15(14)19-2/h3-9H,10,16H2,1-2H3. The van der Waals surface area contributed by atoms with Gasteiger partial charge in [0.25, 0.3) is 0 Å². The minimum atomic E-state index is 0.436. The second-order valence-electron chi connectivity index (χ2n) is 4.01. The Kier molecular flexibility index (Phi) is 4.58. The third kappa shape index (κ3) is 3.35. The Morgan fingerprint density at radius 3 is 2.63 bits per heavy atom. The number of benzene rings is 2. The van der Waals surface area contributed by atoms with E-state index in [1.54, 1.807) is 18.9 Å². The van der Waals surface area contributed by atoms with Crippen LogP contribution in [0.4, 0.5) is 5.69 Å². The maximum Gasteiger partial charge on any atom is 0.133 e. The highest BCUT2D eigenvalue weighted by Gasteiger charge is 2.06. The lowest BCUT2D eigenvalue weighted by atomic mass is 10.2. The van der Waals surface area contributed by atoms with Crippen LogP contribution in [-0.2, 0) is 6.61 Å². The summed E-state index contributed by atoms with van der Waals surface area (Å²) in [7, 11) is 1.64. The normalized spacial score (nSPS) is 10.2. The number of nitrogen functional groups attached to an aromatic ring is 1. The van der Waals surface area contributed by atoms with E-state index in [9.17, 15) is 0 Å². The second kappa shape index (κ2) is 6.38. The molecule has 0 bridgehead atoms. The van der Waals surface area contributed by atoms with Crippen LogP contribution >= 0.6 is 11.8 Å². The summed E-state index contributed by atoms with van der Waals surface area (Å²) in [5, 5.41) is 0. The number of rotatable bonds is 5. The molecule has 0 saturated carbocycles. The van der Waals surface area contributed by atoms with Crippen molar-refractivity contribution < 1.29 is 9.47 Å². The zero-order valence-electron chi connectivity index (χ0n) is 11.1. The maximum absolute atomic E-state index is 5.86. The number of anilines is 1. The number of methoxy groups -OCH3 is 1. The van der Waals surface area contributed by atoms with E-state index in [0.717, 1.165) is 22.0 Å². The summed E-state index contributed by atoms with van der Waals surface area (Å²) in [6.45, 7) is 0.436. The molecule has 0 atom stereocenters. The summed E-state index contributed by atoms with van der Waals surface area (Å²) in [6, 6.07) is 13.5.